The first-order valence-corrected chi connectivity index (χ1v) is 9.03. The van der Waals surface area contributed by atoms with E-state index in [-0.39, 0.29) is 11.6 Å². The molecule has 0 fully saturated rings. The van der Waals surface area contributed by atoms with Crippen molar-refractivity contribution in [3.63, 3.8) is 0 Å². The Labute approximate surface area is 135 Å². The summed E-state index contributed by atoms with van der Waals surface area (Å²) in [5.74, 6) is -0.264. The van der Waals surface area contributed by atoms with Crippen molar-refractivity contribution in [3.05, 3.63) is 35.6 Å². The highest BCUT2D eigenvalue weighted by atomic mass is 19.1. The predicted molar refractivity (Wildman–Crippen MR) is 91.8 cm³/mol. The van der Waals surface area contributed by atoms with Gasteiger partial charge in [0.2, 0.25) is 0 Å². The number of hydrogen-bond donors (Lipinski definition) is 0. The van der Waals surface area contributed by atoms with Crippen LogP contribution in [0.5, 0.6) is 0 Å². The third-order valence-corrected chi connectivity index (χ3v) is 4.15. The summed E-state index contributed by atoms with van der Waals surface area (Å²) in [6, 6.07) is 6.01. The number of benzene rings is 1. The van der Waals surface area contributed by atoms with E-state index in [0.717, 1.165) is 12.8 Å². The highest BCUT2D eigenvalue weighted by molar-refractivity contribution is 5.95. The minimum Gasteiger partial charge on any atom is -0.294 e. The van der Waals surface area contributed by atoms with E-state index in [2.05, 4.69) is 6.92 Å². The molecule has 0 saturated heterocycles. The molecule has 0 aliphatic rings. The fourth-order valence-corrected chi connectivity index (χ4v) is 2.76. The highest BCUT2D eigenvalue weighted by Gasteiger charge is 2.06. The molecule has 0 amide bonds. The van der Waals surface area contributed by atoms with E-state index in [1.807, 2.05) is 0 Å². The molecule has 0 aliphatic carbocycles. The van der Waals surface area contributed by atoms with Gasteiger partial charge in [0.15, 0.2) is 5.78 Å². The zero-order valence-corrected chi connectivity index (χ0v) is 14.1. The van der Waals surface area contributed by atoms with Crippen LogP contribution in [0.4, 0.5) is 4.39 Å². The fourth-order valence-electron chi connectivity index (χ4n) is 2.76. The summed E-state index contributed by atoms with van der Waals surface area (Å²) in [5, 5.41) is 0. The van der Waals surface area contributed by atoms with Gasteiger partial charge in [0.1, 0.15) is 5.82 Å². The third kappa shape index (κ3) is 8.96. The van der Waals surface area contributed by atoms with Crippen LogP contribution in [0, 0.1) is 5.82 Å². The molecule has 1 rings (SSSR count). The summed E-state index contributed by atoms with van der Waals surface area (Å²) in [6.07, 6.45) is 14.6. The van der Waals surface area contributed by atoms with Gasteiger partial charge in [-0.15, -0.1) is 0 Å². The first-order chi connectivity index (χ1) is 10.7. The number of rotatable bonds is 13. The molecule has 0 atom stereocenters. The van der Waals surface area contributed by atoms with Crippen molar-refractivity contribution in [1.29, 1.82) is 0 Å². The molecule has 1 nitrogen and oxygen atoms in total. The van der Waals surface area contributed by atoms with Gasteiger partial charge in [0, 0.05) is 12.0 Å². The van der Waals surface area contributed by atoms with Crippen LogP contribution in [0.15, 0.2) is 24.3 Å². The SMILES string of the molecule is CCCCCCCCCCCCCC(=O)c1cccc(F)c1. The number of hydrogen-bond acceptors (Lipinski definition) is 1. The van der Waals surface area contributed by atoms with Crippen molar-refractivity contribution >= 4 is 5.78 Å². The Balaban J connectivity index is 1.94. The quantitative estimate of drug-likeness (QED) is 0.292. The number of carbonyl (C=O) groups excluding carboxylic acids is 1. The molecular weight excluding hydrogens is 275 g/mol. The van der Waals surface area contributed by atoms with Crippen LogP contribution >= 0.6 is 0 Å². The van der Waals surface area contributed by atoms with Gasteiger partial charge in [0.05, 0.1) is 0 Å². The van der Waals surface area contributed by atoms with Crippen molar-refractivity contribution in [1.82, 2.24) is 0 Å². The Morgan fingerprint density at radius 1 is 0.864 bits per heavy atom. The average Bonchev–Trinajstić information content (AvgIpc) is 2.52. The molecule has 0 heterocycles. The monoisotopic (exact) mass is 306 g/mol. The topological polar surface area (TPSA) is 17.1 Å². The Hall–Kier alpha value is -1.18. The molecule has 1 aromatic rings. The molecule has 0 bridgehead atoms. The fraction of sp³-hybridized carbons (Fsp3) is 0.650. The second-order valence-electron chi connectivity index (χ2n) is 6.22. The Morgan fingerprint density at radius 2 is 1.41 bits per heavy atom. The molecule has 0 aliphatic heterocycles. The van der Waals surface area contributed by atoms with Gasteiger partial charge in [-0.3, -0.25) is 4.79 Å². The Kier molecular flexibility index (Phi) is 10.6. The van der Waals surface area contributed by atoms with Crippen LogP contribution in [0.2, 0.25) is 0 Å². The third-order valence-electron chi connectivity index (χ3n) is 4.15. The summed E-state index contributed by atoms with van der Waals surface area (Å²) in [7, 11) is 0. The van der Waals surface area contributed by atoms with Crippen molar-refractivity contribution in [2.24, 2.45) is 0 Å². The number of ketones is 1. The summed E-state index contributed by atoms with van der Waals surface area (Å²) < 4.78 is 13.0. The smallest absolute Gasteiger partial charge is 0.162 e. The molecular formula is C20H31FO. The molecule has 124 valence electrons. The maximum Gasteiger partial charge on any atom is 0.162 e. The van der Waals surface area contributed by atoms with Crippen LogP contribution in [0.25, 0.3) is 0 Å². The lowest BCUT2D eigenvalue weighted by molar-refractivity contribution is 0.0978. The average molecular weight is 306 g/mol. The second-order valence-corrected chi connectivity index (χ2v) is 6.22. The van der Waals surface area contributed by atoms with Crippen LogP contribution in [0.3, 0.4) is 0 Å². The van der Waals surface area contributed by atoms with Gasteiger partial charge in [-0.2, -0.15) is 0 Å². The number of halogens is 1. The maximum absolute atomic E-state index is 13.0. The minimum absolute atomic E-state index is 0.0652. The zero-order chi connectivity index (χ0) is 16.0. The predicted octanol–water partition coefficient (Wildman–Crippen LogP) is 6.71. The lowest BCUT2D eigenvalue weighted by Gasteiger charge is -2.03. The lowest BCUT2D eigenvalue weighted by atomic mass is 10.0. The van der Waals surface area contributed by atoms with Gasteiger partial charge in [-0.25, -0.2) is 4.39 Å². The van der Waals surface area contributed by atoms with Gasteiger partial charge < -0.3 is 0 Å². The van der Waals surface area contributed by atoms with E-state index in [1.54, 1.807) is 12.1 Å². The van der Waals surface area contributed by atoms with Crippen LogP contribution in [-0.4, -0.2) is 5.78 Å². The van der Waals surface area contributed by atoms with Crippen LogP contribution in [-0.2, 0) is 0 Å². The van der Waals surface area contributed by atoms with Gasteiger partial charge >= 0.3 is 0 Å². The molecule has 0 radical (unpaired) electrons. The van der Waals surface area contributed by atoms with E-state index in [4.69, 9.17) is 0 Å². The summed E-state index contributed by atoms with van der Waals surface area (Å²) in [4.78, 5) is 11.9. The van der Waals surface area contributed by atoms with Crippen molar-refractivity contribution < 1.29 is 9.18 Å². The van der Waals surface area contributed by atoms with E-state index in [1.165, 1.54) is 69.9 Å². The molecule has 0 saturated carbocycles. The molecule has 0 aromatic heterocycles. The molecule has 22 heavy (non-hydrogen) atoms. The zero-order valence-electron chi connectivity index (χ0n) is 14.1. The molecule has 2 heteroatoms. The lowest BCUT2D eigenvalue weighted by Crippen LogP contribution is -1.99. The molecule has 0 unspecified atom stereocenters. The summed E-state index contributed by atoms with van der Waals surface area (Å²) in [6.45, 7) is 2.25. The Bertz CT molecular complexity index is 414. The first-order valence-electron chi connectivity index (χ1n) is 9.03. The number of carbonyl (C=O) groups is 1. The van der Waals surface area contributed by atoms with E-state index in [9.17, 15) is 9.18 Å². The molecule has 0 spiro atoms. The largest absolute Gasteiger partial charge is 0.294 e. The number of unbranched alkanes of at least 4 members (excludes halogenated alkanes) is 10. The summed E-state index contributed by atoms with van der Waals surface area (Å²) in [5.41, 5.74) is 0.507. The van der Waals surface area contributed by atoms with Crippen LogP contribution in [0.1, 0.15) is 94.3 Å². The van der Waals surface area contributed by atoms with Gasteiger partial charge in [-0.1, -0.05) is 83.3 Å². The maximum atomic E-state index is 13.0. The van der Waals surface area contributed by atoms with Crippen molar-refractivity contribution in [2.75, 3.05) is 0 Å². The number of Topliss-reactive ketones (excluding diaryl/α,β-unsaturated/α-hetero) is 1. The molecule has 1 aromatic carbocycles. The summed E-state index contributed by atoms with van der Waals surface area (Å²) >= 11 is 0. The van der Waals surface area contributed by atoms with E-state index in [0.29, 0.717) is 12.0 Å². The highest BCUT2D eigenvalue weighted by Crippen LogP contribution is 2.13. The van der Waals surface area contributed by atoms with Crippen molar-refractivity contribution in [2.45, 2.75) is 84.0 Å². The standard InChI is InChI=1S/C20H31FO/c1-2-3-4-5-6-7-8-9-10-11-12-16-20(22)18-14-13-15-19(21)17-18/h13-15,17H,2-12,16H2,1H3. The minimum atomic E-state index is -0.329. The van der Waals surface area contributed by atoms with E-state index >= 15 is 0 Å². The normalized spacial score (nSPS) is 10.8. The second kappa shape index (κ2) is 12.4. The molecule has 0 N–H and O–H groups in total. The van der Waals surface area contributed by atoms with Gasteiger partial charge in [-0.05, 0) is 18.6 Å². The van der Waals surface area contributed by atoms with Crippen LogP contribution < -0.4 is 0 Å². The Morgan fingerprint density at radius 3 is 1.95 bits per heavy atom. The van der Waals surface area contributed by atoms with Crippen molar-refractivity contribution in [3.8, 4) is 0 Å². The van der Waals surface area contributed by atoms with Gasteiger partial charge in [0.25, 0.3) is 0 Å². The van der Waals surface area contributed by atoms with E-state index < -0.39 is 0 Å². The first kappa shape index (κ1) is 18.9.